The molecule has 0 amide bonds. The quantitative estimate of drug-likeness (QED) is 0.758. The van der Waals surface area contributed by atoms with Gasteiger partial charge in [0.25, 0.3) is 0 Å². The van der Waals surface area contributed by atoms with Gasteiger partial charge in [-0.1, -0.05) is 0 Å². The molecule has 24 heavy (non-hydrogen) atoms. The molecule has 1 aromatic heterocycles. The first kappa shape index (κ1) is 14.3. The van der Waals surface area contributed by atoms with Gasteiger partial charge in [-0.15, -0.1) is 0 Å². The lowest BCUT2D eigenvalue weighted by atomic mass is 10.1. The lowest BCUT2D eigenvalue weighted by Crippen LogP contribution is -1.99. The molecule has 0 atom stereocenters. The summed E-state index contributed by atoms with van der Waals surface area (Å²) in [6, 6.07) is 10.8. The Labute approximate surface area is 138 Å². The predicted octanol–water partition coefficient (Wildman–Crippen LogP) is 3.39. The third-order valence-electron chi connectivity index (χ3n) is 4.63. The highest BCUT2D eigenvalue weighted by Gasteiger charge is 2.18. The number of hydrogen-bond acceptors (Lipinski definition) is 3. The maximum Gasteiger partial charge on any atom is 0.339 e. The maximum absolute atomic E-state index is 11.1. The van der Waals surface area contributed by atoms with Crippen molar-refractivity contribution in [1.82, 2.24) is 4.57 Å². The minimum absolute atomic E-state index is 0.142. The molecule has 2 N–H and O–H groups in total. The molecular weight excluding hydrogens is 304 g/mol. The lowest BCUT2D eigenvalue weighted by molar-refractivity contribution is 0.0694. The Morgan fingerprint density at radius 2 is 1.92 bits per heavy atom. The molecule has 0 spiro atoms. The van der Waals surface area contributed by atoms with Gasteiger partial charge in [-0.25, -0.2) is 4.79 Å². The molecule has 118 valence electrons. The first-order chi connectivity index (χ1) is 11.6. The van der Waals surface area contributed by atoms with Gasteiger partial charge in [0.05, 0.1) is 11.1 Å². The van der Waals surface area contributed by atoms with E-state index in [-0.39, 0.29) is 11.3 Å². The van der Waals surface area contributed by atoms with Crippen molar-refractivity contribution in [1.29, 1.82) is 5.26 Å². The van der Waals surface area contributed by atoms with Crippen LogP contribution in [0, 0.1) is 11.3 Å². The van der Waals surface area contributed by atoms with Gasteiger partial charge in [0.15, 0.2) is 0 Å². The van der Waals surface area contributed by atoms with Crippen molar-refractivity contribution >= 4 is 16.9 Å². The monoisotopic (exact) mass is 318 g/mol. The SMILES string of the molecule is N#Cc1cn(-c2ccc(C(=O)O)c(O)c2)c2cc3c(cc12)CCC3. The summed E-state index contributed by atoms with van der Waals surface area (Å²) < 4.78 is 1.83. The summed E-state index contributed by atoms with van der Waals surface area (Å²) in [6.07, 6.45) is 4.92. The number of aromatic hydroxyl groups is 1. The first-order valence-corrected chi connectivity index (χ1v) is 7.72. The number of rotatable bonds is 2. The third kappa shape index (κ3) is 2.04. The summed E-state index contributed by atoms with van der Waals surface area (Å²) in [4.78, 5) is 11.1. The molecule has 1 aliphatic carbocycles. The van der Waals surface area contributed by atoms with Crippen LogP contribution in [0.25, 0.3) is 16.6 Å². The Bertz CT molecular complexity index is 1040. The van der Waals surface area contributed by atoms with Crippen molar-refractivity contribution < 1.29 is 15.0 Å². The number of aryl methyl sites for hydroxylation is 2. The number of benzene rings is 2. The summed E-state index contributed by atoms with van der Waals surface area (Å²) in [7, 11) is 0. The second-order valence-electron chi connectivity index (χ2n) is 6.02. The zero-order chi connectivity index (χ0) is 16.8. The maximum atomic E-state index is 11.1. The van der Waals surface area contributed by atoms with Gasteiger partial charge in [0, 0.05) is 23.3 Å². The van der Waals surface area contributed by atoms with Crippen LogP contribution < -0.4 is 0 Å². The largest absolute Gasteiger partial charge is 0.507 e. The minimum atomic E-state index is -1.17. The molecule has 0 radical (unpaired) electrons. The average molecular weight is 318 g/mol. The number of aromatic nitrogens is 1. The zero-order valence-electron chi connectivity index (χ0n) is 12.8. The second kappa shape index (κ2) is 5.14. The van der Waals surface area contributed by atoms with Gasteiger partial charge in [-0.05, 0) is 54.7 Å². The Morgan fingerprint density at radius 3 is 2.58 bits per heavy atom. The van der Waals surface area contributed by atoms with Gasteiger partial charge in [-0.2, -0.15) is 5.26 Å². The second-order valence-corrected chi connectivity index (χ2v) is 6.02. The summed E-state index contributed by atoms with van der Waals surface area (Å²) in [5, 5.41) is 29.3. The molecule has 0 saturated carbocycles. The Hall–Kier alpha value is -3.26. The van der Waals surface area contributed by atoms with Crippen LogP contribution in [0.15, 0.2) is 36.5 Å². The fourth-order valence-corrected chi connectivity index (χ4v) is 3.45. The van der Waals surface area contributed by atoms with Gasteiger partial charge >= 0.3 is 5.97 Å². The molecule has 0 aliphatic heterocycles. The molecule has 5 heteroatoms. The molecule has 1 heterocycles. The molecule has 4 rings (SSSR count). The summed E-state index contributed by atoms with van der Waals surface area (Å²) in [5.41, 5.74) is 4.54. The van der Waals surface area contributed by atoms with E-state index in [9.17, 15) is 15.2 Å². The van der Waals surface area contributed by atoms with E-state index in [1.807, 2.05) is 4.57 Å². The zero-order valence-corrected chi connectivity index (χ0v) is 12.8. The smallest absolute Gasteiger partial charge is 0.339 e. The van der Waals surface area contributed by atoms with Crippen LogP contribution in [-0.2, 0) is 12.8 Å². The van der Waals surface area contributed by atoms with E-state index in [4.69, 9.17) is 5.11 Å². The fourth-order valence-electron chi connectivity index (χ4n) is 3.45. The molecule has 2 aromatic carbocycles. The summed E-state index contributed by atoms with van der Waals surface area (Å²) >= 11 is 0. The Morgan fingerprint density at radius 1 is 1.17 bits per heavy atom. The lowest BCUT2D eigenvalue weighted by Gasteiger charge is -2.09. The highest BCUT2D eigenvalue weighted by Crippen LogP contribution is 2.32. The number of phenols is 1. The van der Waals surface area contributed by atoms with E-state index in [2.05, 4.69) is 18.2 Å². The number of nitrogens with zero attached hydrogens (tertiary/aromatic N) is 2. The van der Waals surface area contributed by atoms with Crippen molar-refractivity contribution in [3.8, 4) is 17.5 Å². The molecule has 0 saturated heterocycles. The molecular formula is C19H14N2O3. The van der Waals surface area contributed by atoms with Crippen molar-refractivity contribution in [2.45, 2.75) is 19.3 Å². The van der Waals surface area contributed by atoms with Crippen LogP contribution >= 0.6 is 0 Å². The van der Waals surface area contributed by atoms with E-state index < -0.39 is 5.97 Å². The minimum Gasteiger partial charge on any atom is -0.507 e. The van der Waals surface area contributed by atoms with E-state index in [1.54, 1.807) is 12.3 Å². The Balaban J connectivity index is 1.96. The van der Waals surface area contributed by atoms with Crippen LogP contribution in [0.5, 0.6) is 5.75 Å². The van der Waals surface area contributed by atoms with E-state index >= 15 is 0 Å². The number of carbonyl (C=O) groups is 1. The summed E-state index contributed by atoms with van der Waals surface area (Å²) in [5.74, 6) is -1.46. The van der Waals surface area contributed by atoms with Crippen molar-refractivity contribution in [3.05, 3.63) is 58.8 Å². The topological polar surface area (TPSA) is 86.2 Å². The van der Waals surface area contributed by atoms with E-state index in [0.717, 1.165) is 30.2 Å². The van der Waals surface area contributed by atoms with E-state index in [0.29, 0.717) is 11.3 Å². The van der Waals surface area contributed by atoms with Gasteiger partial charge in [0.1, 0.15) is 17.4 Å². The Kier molecular flexibility index (Phi) is 3.07. The predicted molar refractivity (Wildman–Crippen MR) is 88.6 cm³/mol. The standard InChI is InChI=1S/C19H14N2O3/c20-9-13-10-21(14-4-5-15(19(23)24)18(22)8-14)17-7-12-3-1-2-11(12)6-16(13)17/h4-8,10,22H,1-3H2,(H,23,24). The number of carboxylic acid groups (broad SMARTS) is 1. The van der Waals surface area contributed by atoms with Crippen LogP contribution in [0.2, 0.25) is 0 Å². The van der Waals surface area contributed by atoms with Crippen LogP contribution in [-0.4, -0.2) is 20.7 Å². The fraction of sp³-hybridized carbons (Fsp3) is 0.158. The van der Waals surface area contributed by atoms with Crippen LogP contribution in [0.3, 0.4) is 0 Å². The number of fused-ring (bicyclic) bond motifs is 2. The van der Waals surface area contributed by atoms with Crippen LogP contribution in [0.4, 0.5) is 0 Å². The van der Waals surface area contributed by atoms with Crippen LogP contribution in [0.1, 0.15) is 33.5 Å². The third-order valence-corrected chi connectivity index (χ3v) is 4.63. The molecule has 0 unspecified atom stereocenters. The molecule has 0 fully saturated rings. The van der Waals surface area contributed by atoms with Crippen molar-refractivity contribution in [2.75, 3.05) is 0 Å². The van der Waals surface area contributed by atoms with Gasteiger partial charge in [0.2, 0.25) is 0 Å². The summed E-state index contributed by atoms with van der Waals surface area (Å²) in [6.45, 7) is 0. The normalized spacial score (nSPS) is 13.0. The van der Waals surface area contributed by atoms with E-state index in [1.165, 1.54) is 23.3 Å². The number of hydrogen-bond donors (Lipinski definition) is 2. The van der Waals surface area contributed by atoms with Crippen molar-refractivity contribution in [2.24, 2.45) is 0 Å². The van der Waals surface area contributed by atoms with Gasteiger partial charge in [-0.3, -0.25) is 0 Å². The van der Waals surface area contributed by atoms with Gasteiger partial charge < -0.3 is 14.8 Å². The molecule has 3 aromatic rings. The molecule has 1 aliphatic rings. The number of aromatic carboxylic acids is 1. The highest BCUT2D eigenvalue weighted by molar-refractivity contribution is 5.92. The molecule has 0 bridgehead atoms. The highest BCUT2D eigenvalue weighted by atomic mass is 16.4. The van der Waals surface area contributed by atoms with Crippen molar-refractivity contribution in [3.63, 3.8) is 0 Å². The average Bonchev–Trinajstić information content (AvgIpc) is 3.15. The first-order valence-electron chi connectivity index (χ1n) is 7.72. The number of carboxylic acids is 1. The number of nitriles is 1. The molecule has 5 nitrogen and oxygen atoms in total.